The molecular formula is C25H24ClN3O4. The van der Waals surface area contributed by atoms with Crippen LogP contribution < -0.4 is 10.1 Å². The number of carbonyl (C=O) groups excluding carboxylic acids is 3. The van der Waals surface area contributed by atoms with Crippen LogP contribution in [0.2, 0.25) is 5.02 Å². The molecule has 1 unspecified atom stereocenters. The number of nitrogens with zero attached hydrogens (tertiary/aromatic N) is 2. The first-order chi connectivity index (χ1) is 15.7. The monoisotopic (exact) mass is 465 g/mol. The lowest BCUT2D eigenvalue weighted by molar-refractivity contribution is -0.130. The summed E-state index contributed by atoms with van der Waals surface area (Å²) in [5.74, 6) is -0.0568. The smallest absolute Gasteiger partial charge is 0.325 e. The zero-order valence-corrected chi connectivity index (χ0v) is 19.6. The Labute approximate surface area is 196 Å². The van der Waals surface area contributed by atoms with Crippen molar-refractivity contribution in [3.05, 3.63) is 82.1 Å². The zero-order chi connectivity index (χ0) is 23.9. The number of carbonyl (C=O) groups is 3. The highest BCUT2D eigenvalue weighted by Crippen LogP contribution is 2.30. The van der Waals surface area contributed by atoms with Crippen molar-refractivity contribution in [2.75, 3.05) is 13.7 Å². The average molecular weight is 466 g/mol. The van der Waals surface area contributed by atoms with E-state index in [-0.39, 0.29) is 12.3 Å². The number of benzene rings is 2. The molecule has 3 amide bonds. The number of rotatable bonds is 6. The van der Waals surface area contributed by atoms with Crippen molar-refractivity contribution in [3.8, 4) is 11.4 Å². The SMILES string of the molecule is COc1ccc(-n2c(C)cc(C(=O)CN3C(=O)NC(C)(c4ccc(Cl)cc4)C3=O)c2C)cc1. The minimum Gasteiger partial charge on any atom is -0.497 e. The van der Waals surface area contributed by atoms with Gasteiger partial charge in [-0.05, 0) is 68.8 Å². The Morgan fingerprint density at radius 1 is 1.06 bits per heavy atom. The molecule has 170 valence electrons. The third-order valence-electron chi connectivity index (χ3n) is 6.06. The molecule has 0 bridgehead atoms. The van der Waals surface area contributed by atoms with Crippen molar-refractivity contribution < 1.29 is 19.1 Å². The number of amides is 3. The van der Waals surface area contributed by atoms with Crippen LogP contribution in [0.1, 0.15) is 34.2 Å². The molecular weight excluding hydrogens is 442 g/mol. The molecule has 1 N–H and O–H groups in total. The van der Waals surface area contributed by atoms with Crippen molar-refractivity contribution >= 4 is 29.3 Å². The van der Waals surface area contributed by atoms with E-state index < -0.39 is 17.5 Å². The van der Waals surface area contributed by atoms with E-state index in [1.165, 1.54) is 0 Å². The lowest BCUT2D eigenvalue weighted by Gasteiger charge is -2.22. The molecule has 1 aliphatic heterocycles. The zero-order valence-electron chi connectivity index (χ0n) is 18.8. The van der Waals surface area contributed by atoms with Crippen LogP contribution in [0.4, 0.5) is 4.79 Å². The fourth-order valence-corrected chi connectivity index (χ4v) is 4.35. The van der Waals surface area contributed by atoms with Gasteiger partial charge in [0.2, 0.25) is 0 Å². The van der Waals surface area contributed by atoms with Crippen LogP contribution in [0.15, 0.2) is 54.6 Å². The Balaban J connectivity index is 1.59. The van der Waals surface area contributed by atoms with E-state index in [4.69, 9.17) is 16.3 Å². The highest BCUT2D eigenvalue weighted by molar-refractivity contribution is 6.30. The van der Waals surface area contributed by atoms with E-state index in [0.717, 1.165) is 27.7 Å². The van der Waals surface area contributed by atoms with Crippen LogP contribution >= 0.6 is 11.6 Å². The number of imide groups is 1. The van der Waals surface area contributed by atoms with Crippen LogP contribution in [-0.4, -0.2) is 40.8 Å². The second kappa shape index (κ2) is 8.41. The third kappa shape index (κ3) is 3.89. The summed E-state index contributed by atoms with van der Waals surface area (Å²) in [6.45, 7) is 5.02. The maximum atomic E-state index is 13.2. The highest BCUT2D eigenvalue weighted by Gasteiger charge is 2.49. The van der Waals surface area contributed by atoms with Gasteiger partial charge in [0.25, 0.3) is 5.91 Å². The third-order valence-corrected chi connectivity index (χ3v) is 6.31. The van der Waals surface area contributed by atoms with Gasteiger partial charge in [-0.3, -0.25) is 14.5 Å². The van der Waals surface area contributed by atoms with E-state index in [9.17, 15) is 14.4 Å². The minimum atomic E-state index is -1.26. The van der Waals surface area contributed by atoms with Crippen LogP contribution in [-0.2, 0) is 10.3 Å². The predicted octanol–water partition coefficient (Wildman–Crippen LogP) is 4.41. The Hall–Kier alpha value is -3.58. The maximum absolute atomic E-state index is 13.2. The molecule has 1 saturated heterocycles. The van der Waals surface area contributed by atoms with Gasteiger partial charge in [-0.15, -0.1) is 0 Å². The van der Waals surface area contributed by atoms with Gasteiger partial charge < -0.3 is 14.6 Å². The van der Waals surface area contributed by atoms with Crippen molar-refractivity contribution in [2.45, 2.75) is 26.3 Å². The van der Waals surface area contributed by atoms with E-state index in [2.05, 4.69) is 5.32 Å². The summed E-state index contributed by atoms with van der Waals surface area (Å²) >= 11 is 5.95. The maximum Gasteiger partial charge on any atom is 0.325 e. The van der Waals surface area contributed by atoms with Gasteiger partial charge in [-0.25, -0.2) is 4.79 Å². The topological polar surface area (TPSA) is 80.6 Å². The Morgan fingerprint density at radius 3 is 2.30 bits per heavy atom. The number of nitrogens with one attached hydrogen (secondary N) is 1. The van der Waals surface area contributed by atoms with Gasteiger partial charge in [0.1, 0.15) is 11.3 Å². The average Bonchev–Trinajstić information content (AvgIpc) is 3.21. The van der Waals surface area contributed by atoms with Gasteiger partial charge in [0.15, 0.2) is 5.78 Å². The number of halogens is 1. The Morgan fingerprint density at radius 2 is 1.70 bits per heavy atom. The lowest BCUT2D eigenvalue weighted by Crippen LogP contribution is -2.41. The van der Waals surface area contributed by atoms with E-state index >= 15 is 0 Å². The number of hydrogen-bond acceptors (Lipinski definition) is 4. The molecule has 8 heteroatoms. The van der Waals surface area contributed by atoms with E-state index in [1.54, 1.807) is 44.4 Å². The van der Waals surface area contributed by atoms with Crippen molar-refractivity contribution in [1.29, 1.82) is 0 Å². The lowest BCUT2D eigenvalue weighted by atomic mass is 9.92. The quantitative estimate of drug-likeness (QED) is 0.432. The van der Waals surface area contributed by atoms with Gasteiger partial charge in [-0.1, -0.05) is 23.7 Å². The van der Waals surface area contributed by atoms with Crippen LogP contribution in [0.5, 0.6) is 5.75 Å². The summed E-state index contributed by atoms with van der Waals surface area (Å²) in [5, 5.41) is 3.24. The van der Waals surface area contributed by atoms with Gasteiger partial charge in [0.05, 0.1) is 13.7 Å². The number of ether oxygens (including phenoxy) is 1. The van der Waals surface area contributed by atoms with Crippen molar-refractivity contribution in [3.63, 3.8) is 0 Å². The summed E-state index contributed by atoms with van der Waals surface area (Å²) in [6, 6.07) is 15.4. The van der Waals surface area contributed by atoms with Gasteiger partial charge in [0, 0.05) is 27.7 Å². The standard InChI is InChI=1S/C25H24ClN3O4/c1-15-13-21(16(2)29(15)19-9-11-20(33-4)12-10-19)22(30)14-28-23(31)25(3,27-24(28)32)17-5-7-18(26)8-6-17/h5-13H,14H2,1-4H3,(H,27,32). The molecule has 0 spiro atoms. The molecule has 0 saturated carbocycles. The Kier molecular flexibility index (Phi) is 5.76. The molecule has 1 fully saturated rings. The summed E-state index contributed by atoms with van der Waals surface area (Å²) in [4.78, 5) is 40.0. The molecule has 2 aromatic carbocycles. The molecule has 33 heavy (non-hydrogen) atoms. The molecule has 0 radical (unpaired) electrons. The first-order valence-electron chi connectivity index (χ1n) is 10.4. The number of urea groups is 1. The first kappa shape index (κ1) is 22.6. The molecule has 0 aliphatic carbocycles. The predicted molar refractivity (Wildman–Crippen MR) is 125 cm³/mol. The number of methoxy groups -OCH3 is 1. The van der Waals surface area contributed by atoms with Crippen molar-refractivity contribution in [1.82, 2.24) is 14.8 Å². The minimum absolute atomic E-state index is 0.313. The fourth-order valence-electron chi connectivity index (χ4n) is 4.22. The number of ketones is 1. The second-order valence-corrected chi connectivity index (χ2v) is 8.63. The second-order valence-electron chi connectivity index (χ2n) is 8.19. The number of aromatic nitrogens is 1. The fraction of sp³-hybridized carbons (Fsp3) is 0.240. The largest absolute Gasteiger partial charge is 0.497 e. The summed E-state index contributed by atoms with van der Waals surface area (Å²) < 4.78 is 7.17. The van der Waals surface area contributed by atoms with Crippen molar-refractivity contribution in [2.24, 2.45) is 0 Å². The van der Waals surface area contributed by atoms with E-state index in [0.29, 0.717) is 16.1 Å². The van der Waals surface area contributed by atoms with E-state index in [1.807, 2.05) is 42.7 Å². The molecule has 4 rings (SSSR count). The molecule has 7 nitrogen and oxygen atoms in total. The first-order valence-corrected chi connectivity index (χ1v) is 10.8. The highest BCUT2D eigenvalue weighted by atomic mass is 35.5. The number of aryl methyl sites for hydroxylation is 1. The van der Waals surface area contributed by atoms with Crippen LogP contribution in [0.25, 0.3) is 5.69 Å². The summed E-state index contributed by atoms with van der Waals surface area (Å²) in [6.07, 6.45) is 0. The molecule has 1 aromatic heterocycles. The van der Waals surface area contributed by atoms with Gasteiger partial charge >= 0.3 is 6.03 Å². The Bertz CT molecular complexity index is 1250. The molecule has 1 aliphatic rings. The van der Waals surface area contributed by atoms with Crippen LogP contribution in [0, 0.1) is 13.8 Å². The van der Waals surface area contributed by atoms with Gasteiger partial charge in [-0.2, -0.15) is 0 Å². The summed E-state index contributed by atoms with van der Waals surface area (Å²) in [5.41, 5.74) is 2.28. The van der Waals surface area contributed by atoms with Crippen LogP contribution in [0.3, 0.4) is 0 Å². The molecule has 1 atom stereocenters. The molecule has 2 heterocycles. The normalized spacial score (nSPS) is 17.9. The summed E-state index contributed by atoms with van der Waals surface area (Å²) in [7, 11) is 1.60. The number of Topliss-reactive ketones (excluding diaryl/α,β-unsaturated/α-hetero) is 1. The molecule has 3 aromatic rings. The number of hydrogen-bond donors (Lipinski definition) is 1.